The first kappa shape index (κ1) is 19.0. The highest BCUT2D eigenvalue weighted by molar-refractivity contribution is 5.92. The molecular formula is C19H25N5O3. The number of nitrogens with zero attached hydrogens (tertiary/aromatic N) is 5. The lowest BCUT2D eigenvalue weighted by atomic mass is 9.94. The molecule has 1 saturated carbocycles. The van der Waals surface area contributed by atoms with E-state index in [4.69, 9.17) is 4.74 Å². The van der Waals surface area contributed by atoms with Gasteiger partial charge in [0.1, 0.15) is 6.33 Å². The largest absolute Gasteiger partial charge is 0.449 e. The van der Waals surface area contributed by atoms with Gasteiger partial charge < -0.3 is 9.64 Å². The number of benzene rings is 1. The highest BCUT2D eigenvalue weighted by Crippen LogP contribution is 2.23. The van der Waals surface area contributed by atoms with Crippen LogP contribution < -0.4 is 0 Å². The number of esters is 1. The lowest BCUT2D eigenvalue weighted by Gasteiger charge is -2.35. The zero-order valence-electron chi connectivity index (χ0n) is 15.7. The summed E-state index contributed by atoms with van der Waals surface area (Å²) in [7, 11) is 0. The maximum atomic E-state index is 12.8. The molecule has 1 fully saturated rings. The predicted octanol–water partition coefficient (Wildman–Crippen LogP) is 2.39. The summed E-state index contributed by atoms with van der Waals surface area (Å²) in [4.78, 5) is 27.0. The molecule has 8 heteroatoms. The van der Waals surface area contributed by atoms with E-state index in [0.717, 1.165) is 31.4 Å². The maximum Gasteiger partial charge on any atom is 0.338 e. The van der Waals surface area contributed by atoms with Crippen LogP contribution in [-0.2, 0) is 9.53 Å². The minimum absolute atomic E-state index is 0.122. The van der Waals surface area contributed by atoms with Crippen molar-refractivity contribution in [1.82, 2.24) is 25.1 Å². The molecule has 27 heavy (non-hydrogen) atoms. The summed E-state index contributed by atoms with van der Waals surface area (Å²) in [5, 5.41) is 10.9. The van der Waals surface area contributed by atoms with Crippen LogP contribution in [0.4, 0.5) is 0 Å². The van der Waals surface area contributed by atoms with Crippen LogP contribution in [0.3, 0.4) is 0 Å². The number of likely N-dealkylation sites (N-methyl/N-ethyl adjacent to an activating group) is 1. The minimum Gasteiger partial charge on any atom is -0.449 e. The highest BCUT2D eigenvalue weighted by atomic mass is 16.5. The monoisotopic (exact) mass is 371 g/mol. The summed E-state index contributed by atoms with van der Waals surface area (Å²) < 4.78 is 6.92. The summed E-state index contributed by atoms with van der Waals surface area (Å²) in [5.41, 5.74) is 1.11. The Hall–Kier alpha value is -2.77. The van der Waals surface area contributed by atoms with E-state index in [1.54, 1.807) is 31.2 Å². The molecule has 8 nitrogen and oxygen atoms in total. The van der Waals surface area contributed by atoms with E-state index in [-0.39, 0.29) is 11.9 Å². The Kier molecular flexibility index (Phi) is 6.16. The van der Waals surface area contributed by atoms with Gasteiger partial charge in [-0.2, -0.15) is 0 Å². The lowest BCUT2D eigenvalue weighted by molar-refractivity contribution is -0.142. The Bertz CT molecular complexity index is 754. The number of carbonyl (C=O) groups excluding carboxylic acids is 2. The van der Waals surface area contributed by atoms with E-state index >= 15 is 0 Å². The molecule has 0 aliphatic heterocycles. The molecule has 1 aliphatic rings. The first-order chi connectivity index (χ1) is 13.1. The fraction of sp³-hybridized carbons (Fsp3) is 0.526. The molecule has 1 aromatic heterocycles. The second-order valence-electron chi connectivity index (χ2n) is 6.76. The summed E-state index contributed by atoms with van der Waals surface area (Å²) in [5.74, 6) is -0.637. The van der Waals surface area contributed by atoms with Crippen molar-refractivity contribution in [3.63, 3.8) is 0 Å². The fourth-order valence-corrected chi connectivity index (χ4v) is 3.53. The Balaban J connectivity index is 1.61. The molecule has 1 aromatic carbocycles. The number of ether oxygens (including phenoxy) is 1. The highest BCUT2D eigenvalue weighted by Gasteiger charge is 2.29. The van der Waals surface area contributed by atoms with Crippen molar-refractivity contribution in [3.8, 4) is 5.69 Å². The van der Waals surface area contributed by atoms with E-state index in [2.05, 4.69) is 15.5 Å². The molecule has 0 radical (unpaired) electrons. The molecule has 3 rings (SSSR count). The van der Waals surface area contributed by atoms with Gasteiger partial charge in [-0.1, -0.05) is 19.3 Å². The Morgan fingerprint density at radius 1 is 1.22 bits per heavy atom. The van der Waals surface area contributed by atoms with Crippen LogP contribution in [0.1, 0.15) is 56.3 Å². The second-order valence-corrected chi connectivity index (χ2v) is 6.76. The normalized spacial score (nSPS) is 15.9. The molecule has 1 aliphatic carbocycles. The molecule has 1 heterocycles. The third-order valence-electron chi connectivity index (χ3n) is 4.99. The van der Waals surface area contributed by atoms with Crippen LogP contribution in [0.25, 0.3) is 5.69 Å². The van der Waals surface area contributed by atoms with Crippen molar-refractivity contribution in [2.75, 3.05) is 6.54 Å². The lowest BCUT2D eigenvalue weighted by Crippen LogP contribution is -2.46. The van der Waals surface area contributed by atoms with Gasteiger partial charge in [0.15, 0.2) is 6.10 Å². The quantitative estimate of drug-likeness (QED) is 0.724. The van der Waals surface area contributed by atoms with Gasteiger partial charge in [-0.3, -0.25) is 4.79 Å². The number of amides is 1. The summed E-state index contributed by atoms with van der Waals surface area (Å²) in [6.07, 6.45) is 6.25. The van der Waals surface area contributed by atoms with Gasteiger partial charge >= 0.3 is 5.97 Å². The molecule has 0 saturated heterocycles. The Morgan fingerprint density at radius 3 is 2.52 bits per heavy atom. The number of carbonyl (C=O) groups is 2. The zero-order valence-corrected chi connectivity index (χ0v) is 15.7. The van der Waals surface area contributed by atoms with Crippen LogP contribution in [-0.4, -0.2) is 55.7 Å². The number of aromatic nitrogens is 4. The van der Waals surface area contributed by atoms with E-state index in [1.807, 2.05) is 11.8 Å². The van der Waals surface area contributed by atoms with Gasteiger partial charge in [-0.05, 0) is 61.4 Å². The smallest absolute Gasteiger partial charge is 0.338 e. The van der Waals surface area contributed by atoms with Crippen LogP contribution in [0, 0.1) is 0 Å². The molecule has 1 atom stereocenters. The summed E-state index contributed by atoms with van der Waals surface area (Å²) >= 11 is 0. The molecule has 1 amide bonds. The summed E-state index contributed by atoms with van der Waals surface area (Å²) in [6.45, 7) is 4.24. The molecule has 2 aromatic rings. The first-order valence-corrected chi connectivity index (χ1v) is 9.45. The van der Waals surface area contributed by atoms with E-state index in [1.165, 1.54) is 17.4 Å². The number of tetrazole rings is 1. The van der Waals surface area contributed by atoms with Crippen LogP contribution >= 0.6 is 0 Å². The van der Waals surface area contributed by atoms with Crippen LogP contribution in [0.5, 0.6) is 0 Å². The van der Waals surface area contributed by atoms with Crippen LogP contribution in [0.15, 0.2) is 30.6 Å². The van der Waals surface area contributed by atoms with Crippen molar-refractivity contribution in [2.24, 2.45) is 0 Å². The van der Waals surface area contributed by atoms with Crippen molar-refractivity contribution >= 4 is 11.9 Å². The number of rotatable bonds is 6. The summed E-state index contributed by atoms with van der Waals surface area (Å²) in [6, 6.07) is 6.97. The van der Waals surface area contributed by atoms with Crippen molar-refractivity contribution < 1.29 is 14.3 Å². The number of hydrogen-bond acceptors (Lipinski definition) is 6. The molecule has 0 spiro atoms. The van der Waals surface area contributed by atoms with Crippen molar-refractivity contribution in [3.05, 3.63) is 36.2 Å². The zero-order chi connectivity index (χ0) is 19.2. The molecule has 0 bridgehead atoms. The standard InChI is InChI=1S/C19H25N5O3/c1-3-23(16-7-5-4-6-8-16)18(25)14(2)27-19(26)15-9-11-17(12-10-15)24-13-20-21-22-24/h9-14,16H,3-8H2,1-2H3/t14-/m0/s1. The van der Waals surface area contributed by atoms with Gasteiger partial charge in [-0.15, -0.1) is 5.10 Å². The van der Waals surface area contributed by atoms with Crippen molar-refractivity contribution in [1.29, 1.82) is 0 Å². The molecule has 144 valence electrons. The van der Waals surface area contributed by atoms with E-state index in [9.17, 15) is 9.59 Å². The second kappa shape index (κ2) is 8.75. The third kappa shape index (κ3) is 4.50. The fourth-order valence-electron chi connectivity index (χ4n) is 3.53. The predicted molar refractivity (Wildman–Crippen MR) is 98.3 cm³/mol. The third-order valence-corrected chi connectivity index (χ3v) is 4.99. The topological polar surface area (TPSA) is 90.2 Å². The molecular weight excluding hydrogens is 346 g/mol. The Morgan fingerprint density at radius 2 is 1.93 bits per heavy atom. The van der Waals surface area contributed by atoms with Gasteiger partial charge in [0.05, 0.1) is 11.3 Å². The van der Waals surface area contributed by atoms with E-state index in [0.29, 0.717) is 12.1 Å². The van der Waals surface area contributed by atoms with Crippen LogP contribution in [0.2, 0.25) is 0 Å². The average Bonchev–Trinajstić information content (AvgIpc) is 3.24. The Labute approximate surface area is 158 Å². The average molecular weight is 371 g/mol. The van der Waals surface area contributed by atoms with E-state index < -0.39 is 12.1 Å². The van der Waals surface area contributed by atoms with Gasteiger partial charge in [0.25, 0.3) is 5.91 Å². The SMILES string of the molecule is CCN(C(=O)[C@H](C)OC(=O)c1ccc(-n2cnnn2)cc1)C1CCCCC1. The number of hydrogen-bond donors (Lipinski definition) is 0. The van der Waals surface area contributed by atoms with Gasteiger partial charge in [0.2, 0.25) is 0 Å². The molecule has 0 unspecified atom stereocenters. The van der Waals surface area contributed by atoms with Gasteiger partial charge in [-0.25, -0.2) is 9.48 Å². The van der Waals surface area contributed by atoms with Crippen molar-refractivity contribution in [2.45, 2.75) is 58.1 Å². The minimum atomic E-state index is -0.807. The molecule has 0 N–H and O–H groups in total. The van der Waals surface area contributed by atoms with Gasteiger partial charge in [0, 0.05) is 12.6 Å². The maximum absolute atomic E-state index is 12.8. The first-order valence-electron chi connectivity index (χ1n) is 9.45.